The lowest BCUT2D eigenvalue weighted by Gasteiger charge is -2.27. The van der Waals surface area contributed by atoms with Crippen LogP contribution in [0.5, 0.6) is 0 Å². The predicted molar refractivity (Wildman–Crippen MR) is 69.6 cm³/mol. The average Bonchev–Trinajstić information content (AvgIpc) is 2.79. The minimum Gasteiger partial charge on any atom is -0.374 e. The molecule has 0 unspecified atom stereocenters. The highest BCUT2D eigenvalue weighted by atomic mass is 32.1. The van der Waals surface area contributed by atoms with Gasteiger partial charge in [0.05, 0.1) is 4.88 Å². The molecule has 0 radical (unpaired) electrons. The Morgan fingerprint density at radius 3 is 2.81 bits per heavy atom. The first-order valence-corrected chi connectivity index (χ1v) is 6.92. The number of aldehydes is 1. The van der Waals surface area contributed by atoms with Gasteiger partial charge in [-0.1, -0.05) is 19.3 Å². The van der Waals surface area contributed by atoms with Crippen LogP contribution < -0.4 is 4.90 Å². The van der Waals surface area contributed by atoms with Crippen molar-refractivity contribution in [1.82, 2.24) is 0 Å². The standard InChI is InChI=1S/C13H19NOS/c1-14(8-11-5-3-2-4-6-11)12-7-13(9-15)16-10-12/h7,9-11H,2-6,8H2,1H3. The fourth-order valence-corrected chi connectivity index (χ4v) is 3.22. The SMILES string of the molecule is CN(CC1CCCCC1)c1csc(C=O)c1. The normalized spacial score (nSPS) is 17.3. The first-order chi connectivity index (χ1) is 7.79. The Morgan fingerprint density at radius 1 is 1.44 bits per heavy atom. The van der Waals surface area contributed by atoms with E-state index in [1.807, 2.05) is 6.07 Å². The van der Waals surface area contributed by atoms with Crippen molar-refractivity contribution in [2.75, 3.05) is 18.5 Å². The molecule has 1 aromatic rings. The van der Waals surface area contributed by atoms with Crippen LogP contribution in [0.4, 0.5) is 5.69 Å². The molecule has 1 aromatic heterocycles. The Hall–Kier alpha value is -0.830. The molecule has 0 saturated heterocycles. The maximum atomic E-state index is 10.6. The molecule has 3 heteroatoms. The van der Waals surface area contributed by atoms with Gasteiger partial charge in [-0.3, -0.25) is 4.79 Å². The van der Waals surface area contributed by atoms with Gasteiger partial charge in [-0.05, 0) is 24.8 Å². The summed E-state index contributed by atoms with van der Waals surface area (Å²) < 4.78 is 0. The second-order valence-corrected chi connectivity index (χ2v) is 5.65. The van der Waals surface area contributed by atoms with E-state index >= 15 is 0 Å². The van der Waals surface area contributed by atoms with Gasteiger partial charge < -0.3 is 4.90 Å². The van der Waals surface area contributed by atoms with E-state index in [9.17, 15) is 4.79 Å². The summed E-state index contributed by atoms with van der Waals surface area (Å²) in [7, 11) is 2.13. The van der Waals surface area contributed by atoms with Crippen LogP contribution in [0, 0.1) is 5.92 Å². The van der Waals surface area contributed by atoms with E-state index in [-0.39, 0.29) is 0 Å². The molecule has 1 aliphatic rings. The van der Waals surface area contributed by atoms with Crippen molar-refractivity contribution in [3.63, 3.8) is 0 Å². The van der Waals surface area contributed by atoms with Crippen molar-refractivity contribution in [2.24, 2.45) is 5.92 Å². The lowest BCUT2D eigenvalue weighted by molar-refractivity contribution is 0.112. The summed E-state index contributed by atoms with van der Waals surface area (Å²) in [5, 5.41) is 2.08. The third-order valence-electron chi connectivity index (χ3n) is 3.42. The fraction of sp³-hybridized carbons (Fsp3) is 0.615. The molecule has 16 heavy (non-hydrogen) atoms. The quantitative estimate of drug-likeness (QED) is 0.746. The van der Waals surface area contributed by atoms with Gasteiger partial charge in [0.2, 0.25) is 0 Å². The Balaban J connectivity index is 1.90. The van der Waals surface area contributed by atoms with Crippen molar-refractivity contribution in [3.05, 3.63) is 16.3 Å². The third kappa shape index (κ3) is 2.85. The van der Waals surface area contributed by atoms with Gasteiger partial charge in [0.1, 0.15) is 0 Å². The number of thiophene rings is 1. The van der Waals surface area contributed by atoms with Crippen LogP contribution in [-0.2, 0) is 0 Å². The summed E-state index contributed by atoms with van der Waals surface area (Å²) in [6.07, 6.45) is 7.87. The Kier molecular flexibility index (Phi) is 3.99. The molecule has 0 atom stereocenters. The van der Waals surface area contributed by atoms with E-state index < -0.39 is 0 Å². The molecule has 1 fully saturated rings. The molecule has 0 amide bonds. The van der Waals surface area contributed by atoms with Gasteiger partial charge in [-0.15, -0.1) is 11.3 Å². The lowest BCUT2D eigenvalue weighted by atomic mass is 9.89. The number of hydrogen-bond donors (Lipinski definition) is 0. The Morgan fingerprint density at radius 2 is 2.19 bits per heavy atom. The second kappa shape index (κ2) is 5.48. The number of anilines is 1. The van der Waals surface area contributed by atoms with Gasteiger partial charge >= 0.3 is 0 Å². The molecule has 2 rings (SSSR count). The van der Waals surface area contributed by atoms with Gasteiger partial charge in [0.15, 0.2) is 6.29 Å². The minimum atomic E-state index is 0.825. The number of carbonyl (C=O) groups excluding carboxylic acids is 1. The first-order valence-electron chi connectivity index (χ1n) is 6.04. The van der Waals surface area contributed by atoms with Gasteiger partial charge in [-0.25, -0.2) is 0 Å². The highest BCUT2D eigenvalue weighted by Crippen LogP contribution is 2.27. The minimum absolute atomic E-state index is 0.825. The number of rotatable bonds is 4. The van der Waals surface area contributed by atoms with Crippen LogP contribution in [-0.4, -0.2) is 19.9 Å². The summed E-state index contributed by atoms with van der Waals surface area (Å²) in [4.78, 5) is 13.7. The highest BCUT2D eigenvalue weighted by Gasteiger charge is 2.16. The predicted octanol–water partition coefficient (Wildman–Crippen LogP) is 3.58. The van der Waals surface area contributed by atoms with Crippen LogP contribution >= 0.6 is 11.3 Å². The zero-order valence-corrected chi connectivity index (χ0v) is 10.6. The average molecular weight is 237 g/mol. The van der Waals surface area contributed by atoms with E-state index in [4.69, 9.17) is 0 Å². The summed E-state index contributed by atoms with van der Waals surface area (Å²) in [6.45, 7) is 1.13. The van der Waals surface area contributed by atoms with E-state index in [0.29, 0.717) is 0 Å². The monoisotopic (exact) mass is 237 g/mol. The molecule has 88 valence electrons. The molecule has 1 saturated carbocycles. The highest BCUT2D eigenvalue weighted by molar-refractivity contribution is 7.12. The maximum Gasteiger partial charge on any atom is 0.160 e. The summed E-state index contributed by atoms with van der Waals surface area (Å²) in [5.74, 6) is 0.846. The molecule has 2 nitrogen and oxygen atoms in total. The largest absolute Gasteiger partial charge is 0.374 e. The van der Waals surface area contributed by atoms with Crippen LogP contribution in [0.25, 0.3) is 0 Å². The third-order valence-corrected chi connectivity index (χ3v) is 4.27. The molecule has 0 aliphatic heterocycles. The molecule has 0 spiro atoms. The molecular weight excluding hydrogens is 218 g/mol. The van der Waals surface area contributed by atoms with E-state index in [2.05, 4.69) is 17.3 Å². The van der Waals surface area contributed by atoms with E-state index in [0.717, 1.165) is 23.6 Å². The first kappa shape index (κ1) is 11.6. The molecule has 1 heterocycles. The van der Waals surface area contributed by atoms with Crippen LogP contribution in [0.15, 0.2) is 11.4 Å². The Labute approximate surface area is 101 Å². The molecule has 0 aromatic carbocycles. The van der Waals surface area contributed by atoms with Crippen molar-refractivity contribution in [1.29, 1.82) is 0 Å². The van der Waals surface area contributed by atoms with Crippen LogP contribution in [0.3, 0.4) is 0 Å². The van der Waals surface area contributed by atoms with Crippen molar-refractivity contribution in [3.8, 4) is 0 Å². The van der Waals surface area contributed by atoms with Gasteiger partial charge in [-0.2, -0.15) is 0 Å². The number of hydrogen-bond acceptors (Lipinski definition) is 3. The smallest absolute Gasteiger partial charge is 0.160 e. The molecule has 0 N–H and O–H groups in total. The fourth-order valence-electron chi connectivity index (χ4n) is 2.47. The van der Waals surface area contributed by atoms with Crippen molar-refractivity contribution in [2.45, 2.75) is 32.1 Å². The topological polar surface area (TPSA) is 20.3 Å². The molecule has 0 bridgehead atoms. The zero-order valence-electron chi connectivity index (χ0n) is 9.82. The number of nitrogens with zero attached hydrogens (tertiary/aromatic N) is 1. The van der Waals surface area contributed by atoms with Crippen LogP contribution in [0.1, 0.15) is 41.8 Å². The van der Waals surface area contributed by atoms with Crippen LogP contribution in [0.2, 0.25) is 0 Å². The van der Waals surface area contributed by atoms with Crippen molar-refractivity contribution >= 4 is 23.3 Å². The lowest BCUT2D eigenvalue weighted by Crippen LogP contribution is -2.26. The van der Waals surface area contributed by atoms with Gasteiger partial charge in [0, 0.05) is 24.7 Å². The maximum absolute atomic E-state index is 10.6. The Bertz CT molecular complexity index is 341. The van der Waals surface area contributed by atoms with E-state index in [1.54, 1.807) is 0 Å². The molecule has 1 aliphatic carbocycles. The van der Waals surface area contributed by atoms with Crippen molar-refractivity contribution < 1.29 is 4.79 Å². The second-order valence-electron chi connectivity index (χ2n) is 4.71. The molecular formula is C13H19NOS. The summed E-state index contributed by atoms with van der Waals surface area (Å²) in [5.41, 5.74) is 1.19. The zero-order chi connectivity index (χ0) is 11.4. The number of carbonyl (C=O) groups is 1. The summed E-state index contributed by atoms with van der Waals surface area (Å²) >= 11 is 1.53. The summed E-state index contributed by atoms with van der Waals surface area (Å²) in [6, 6.07) is 1.99. The van der Waals surface area contributed by atoms with E-state index in [1.165, 1.54) is 49.1 Å². The van der Waals surface area contributed by atoms with Gasteiger partial charge in [0.25, 0.3) is 0 Å².